The van der Waals surface area contributed by atoms with Crippen molar-refractivity contribution in [2.45, 2.75) is 25.1 Å². The first kappa shape index (κ1) is 17.4. The SMILES string of the molecule is O=C(CCC(=O)c1cccs1)c1ccc2c(c1)OC(F)(F)C(F)(F)O2. The van der Waals surface area contributed by atoms with Crippen LogP contribution in [0.3, 0.4) is 0 Å². The van der Waals surface area contributed by atoms with Crippen LogP contribution in [-0.2, 0) is 0 Å². The third-order valence-electron chi connectivity index (χ3n) is 3.46. The molecule has 0 atom stereocenters. The minimum absolute atomic E-state index is 0.0395. The molecule has 0 fully saturated rings. The molecule has 1 aliphatic heterocycles. The van der Waals surface area contributed by atoms with E-state index in [0.717, 1.165) is 18.2 Å². The molecule has 0 unspecified atom stereocenters. The first-order valence-corrected chi connectivity index (χ1v) is 7.95. The topological polar surface area (TPSA) is 52.6 Å². The van der Waals surface area contributed by atoms with Gasteiger partial charge in [-0.15, -0.1) is 11.3 Å². The van der Waals surface area contributed by atoms with Crippen molar-refractivity contribution in [3.8, 4) is 11.5 Å². The molecule has 0 saturated heterocycles. The maximum absolute atomic E-state index is 13.2. The number of alkyl halides is 4. The number of hydrogen-bond acceptors (Lipinski definition) is 5. The van der Waals surface area contributed by atoms with E-state index in [9.17, 15) is 27.2 Å². The molecule has 1 aromatic carbocycles. The highest BCUT2D eigenvalue weighted by atomic mass is 32.1. The highest BCUT2D eigenvalue weighted by Gasteiger charge is 2.65. The van der Waals surface area contributed by atoms with E-state index in [1.165, 1.54) is 11.3 Å². The van der Waals surface area contributed by atoms with E-state index in [1.54, 1.807) is 17.5 Å². The van der Waals surface area contributed by atoms with Crippen molar-refractivity contribution in [2.24, 2.45) is 0 Å². The molecule has 9 heteroatoms. The minimum atomic E-state index is -4.85. The molecular weight excluding hydrogens is 364 g/mol. The summed E-state index contributed by atoms with van der Waals surface area (Å²) in [7, 11) is 0. The van der Waals surface area contributed by atoms with Gasteiger partial charge in [-0.2, -0.15) is 17.6 Å². The number of fused-ring (bicyclic) bond motifs is 1. The maximum Gasteiger partial charge on any atom is 0.507 e. The molecule has 0 amide bonds. The van der Waals surface area contributed by atoms with Crippen molar-refractivity contribution in [3.05, 3.63) is 46.2 Å². The molecule has 1 aromatic heterocycles. The number of rotatable bonds is 5. The Hall–Kier alpha value is -2.42. The Morgan fingerprint density at radius 3 is 2.20 bits per heavy atom. The van der Waals surface area contributed by atoms with Crippen molar-refractivity contribution in [1.82, 2.24) is 0 Å². The number of ketones is 2. The second kappa shape index (κ2) is 6.14. The molecule has 1 aliphatic rings. The predicted molar refractivity (Wildman–Crippen MR) is 79.8 cm³/mol. The van der Waals surface area contributed by atoms with Crippen LogP contribution in [0.25, 0.3) is 0 Å². The second-order valence-corrected chi connectivity index (χ2v) is 6.17. The van der Waals surface area contributed by atoms with Gasteiger partial charge in [-0.05, 0) is 29.6 Å². The molecule has 4 nitrogen and oxygen atoms in total. The van der Waals surface area contributed by atoms with Crippen molar-refractivity contribution < 1.29 is 36.6 Å². The average molecular weight is 374 g/mol. The Morgan fingerprint density at radius 1 is 0.920 bits per heavy atom. The van der Waals surface area contributed by atoms with Gasteiger partial charge in [-0.3, -0.25) is 9.59 Å². The summed E-state index contributed by atoms with van der Waals surface area (Å²) in [6.07, 6.45) is -9.86. The van der Waals surface area contributed by atoms with Crippen LogP contribution in [0.2, 0.25) is 0 Å². The van der Waals surface area contributed by atoms with Gasteiger partial charge < -0.3 is 9.47 Å². The molecule has 2 aromatic rings. The van der Waals surface area contributed by atoms with E-state index in [-0.39, 0.29) is 24.2 Å². The molecule has 0 bridgehead atoms. The van der Waals surface area contributed by atoms with Gasteiger partial charge in [0.25, 0.3) is 0 Å². The molecule has 0 radical (unpaired) electrons. The van der Waals surface area contributed by atoms with Gasteiger partial charge in [-0.25, -0.2) is 0 Å². The fourth-order valence-electron chi connectivity index (χ4n) is 2.17. The summed E-state index contributed by atoms with van der Waals surface area (Å²) in [6.45, 7) is 0. The number of thiophene rings is 1. The number of Topliss-reactive ketones (excluding diaryl/α,β-unsaturated/α-hetero) is 2. The van der Waals surface area contributed by atoms with Gasteiger partial charge in [-0.1, -0.05) is 6.07 Å². The van der Waals surface area contributed by atoms with Gasteiger partial charge in [0.1, 0.15) is 0 Å². The third kappa shape index (κ3) is 3.37. The van der Waals surface area contributed by atoms with E-state index in [4.69, 9.17) is 0 Å². The molecule has 3 rings (SSSR count). The van der Waals surface area contributed by atoms with Crippen LogP contribution in [-0.4, -0.2) is 23.8 Å². The van der Waals surface area contributed by atoms with Gasteiger partial charge in [0.05, 0.1) is 4.88 Å². The lowest BCUT2D eigenvalue weighted by Crippen LogP contribution is -2.52. The zero-order valence-corrected chi connectivity index (χ0v) is 13.2. The Labute approximate surface area is 143 Å². The lowest BCUT2D eigenvalue weighted by atomic mass is 10.0. The molecule has 0 N–H and O–H groups in total. The Balaban J connectivity index is 1.72. The largest absolute Gasteiger partial charge is 0.507 e. The summed E-state index contributed by atoms with van der Waals surface area (Å²) in [6, 6.07) is 6.34. The molecule has 0 aliphatic carbocycles. The van der Waals surface area contributed by atoms with E-state index in [0.29, 0.717) is 4.88 Å². The number of benzene rings is 1. The summed E-state index contributed by atoms with van der Waals surface area (Å²) in [5, 5.41) is 1.73. The van der Waals surface area contributed by atoms with Crippen LogP contribution >= 0.6 is 11.3 Å². The maximum atomic E-state index is 13.2. The fraction of sp³-hybridized carbons (Fsp3) is 0.250. The van der Waals surface area contributed by atoms with Gasteiger partial charge >= 0.3 is 12.2 Å². The van der Waals surface area contributed by atoms with Crippen molar-refractivity contribution in [2.75, 3.05) is 0 Å². The number of carbonyl (C=O) groups is 2. The summed E-state index contributed by atoms with van der Waals surface area (Å²) in [5.74, 6) is -1.97. The summed E-state index contributed by atoms with van der Waals surface area (Å²) < 4.78 is 60.4. The van der Waals surface area contributed by atoms with E-state index in [2.05, 4.69) is 9.47 Å². The highest BCUT2D eigenvalue weighted by Crippen LogP contribution is 2.47. The molecular formula is C16H10F4O4S. The van der Waals surface area contributed by atoms with Gasteiger partial charge in [0.15, 0.2) is 23.1 Å². The van der Waals surface area contributed by atoms with Gasteiger partial charge in [0.2, 0.25) is 0 Å². The van der Waals surface area contributed by atoms with Crippen molar-refractivity contribution >= 4 is 22.9 Å². The number of carbonyl (C=O) groups excluding carboxylic acids is 2. The summed E-state index contributed by atoms with van der Waals surface area (Å²) in [4.78, 5) is 24.5. The lowest BCUT2D eigenvalue weighted by molar-refractivity contribution is -0.391. The van der Waals surface area contributed by atoms with Crippen LogP contribution in [0.1, 0.15) is 32.9 Å². The van der Waals surface area contributed by atoms with Crippen molar-refractivity contribution in [1.29, 1.82) is 0 Å². The molecule has 25 heavy (non-hydrogen) atoms. The highest BCUT2D eigenvalue weighted by molar-refractivity contribution is 7.12. The summed E-state index contributed by atoms with van der Waals surface area (Å²) in [5.41, 5.74) is -0.0395. The average Bonchev–Trinajstić information content (AvgIpc) is 3.07. The Bertz CT molecular complexity index is 818. The van der Waals surface area contributed by atoms with Crippen LogP contribution in [0.15, 0.2) is 35.7 Å². The van der Waals surface area contributed by atoms with Crippen LogP contribution in [0.4, 0.5) is 17.6 Å². The minimum Gasteiger partial charge on any atom is -0.421 e. The van der Waals surface area contributed by atoms with Crippen LogP contribution in [0.5, 0.6) is 11.5 Å². The zero-order valence-electron chi connectivity index (χ0n) is 12.4. The predicted octanol–water partition coefficient (Wildman–Crippen LogP) is 4.55. The van der Waals surface area contributed by atoms with Crippen molar-refractivity contribution in [3.63, 3.8) is 0 Å². The standard InChI is InChI=1S/C16H10F4O4S/c17-15(18)16(19,20)24-13-8-9(3-6-12(13)23-15)10(21)4-5-11(22)14-2-1-7-25-14/h1-3,6-8H,4-5H2. The normalized spacial score (nSPS) is 17.1. The lowest BCUT2D eigenvalue weighted by Gasteiger charge is -2.31. The quantitative estimate of drug-likeness (QED) is 0.569. The number of halogens is 4. The number of ether oxygens (including phenoxy) is 2. The van der Waals surface area contributed by atoms with E-state index < -0.39 is 29.5 Å². The summed E-state index contributed by atoms with van der Waals surface area (Å²) >= 11 is 1.24. The molecule has 132 valence electrons. The first-order valence-electron chi connectivity index (χ1n) is 7.07. The van der Waals surface area contributed by atoms with Gasteiger partial charge in [0, 0.05) is 18.4 Å². The Kier molecular flexibility index (Phi) is 4.28. The number of hydrogen-bond donors (Lipinski definition) is 0. The third-order valence-corrected chi connectivity index (χ3v) is 4.37. The smallest absolute Gasteiger partial charge is 0.421 e. The second-order valence-electron chi connectivity index (χ2n) is 5.22. The molecule has 0 spiro atoms. The van der Waals surface area contributed by atoms with E-state index in [1.807, 2.05) is 0 Å². The Morgan fingerprint density at radius 2 is 1.56 bits per heavy atom. The molecule has 0 saturated carbocycles. The fourth-order valence-corrected chi connectivity index (χ4v) is 2.87. The monoisotopic (exact) mass is 374 g/mol. The van der Waals surface area contributed by atoms with Crippen LogP contribution in [0, 0.1) is 0 Å². The van der Waals surface area contributed by atoms with Crippen LogP contribution < -0.4 is 9.47 Å². The first-order chi connectivity index (χ1) is 11.7. The van der Waals surface area contributed by atoms with E-state index >= 15 is 0 Å². The molecule has 2 heterocycles. The zero-order chi connectivity index (χ0) is 18.2.